The number of carbonyl (C=O) groups is 2. The van der Waals surface area contributed by atoms with Crippen LogP contribution in [0.25, 0.3) is 0 Å². The van der Waals surface area contributed by atoms with Crippen molar-refractivity contribution in [2.75, 3.05) is 0 Å². The average Bonchev–Trinajstić information content (AvgIpc) is 2.39. The van der Waals surface area contributed by atoms with Gasteiger partial charge in [-0.3, -0.25) is 9.59 Å². The Balaban J connectivity index is 0.00000137. The molecule has 18 heavy (non-hydrogen) atoms. The van der Waals surface area contributed by atoms with Crippen LogP contribution in [0.15, 0.2) is 24.3 Å². The van der Waals surface area contributed by atoms with Gasteiger partial charge in [-0.05, 0) is 0 Å². The van der Waals surface area contributed by atoms with E-state index in [1.807, 2.05) is 41.5 Å². The molecule has 0 radical (unpaired) electrons. The summed E-state index contributed by atoms with van der Waals surface area (Å²) in [6.45, 7) is 11.4. The van der Waals surface area contributed by atoms with Crippen LogP contribution < -0.4 is 0 Å². The van der Waals surface area contributed by atoms with Gasteiger partial charge in [0.25, 0.3) is 0 Å². The van der Waals surface area contributed by atoms with Gasteiger partial charge < -0.3 is 0 Å². The molecule has 0 amide bonds. The summed E-state index contributed by atoms with van der Waals surface area (Å²) in [6.07, 6.45) is 0. The molecule has 0 heterocycles. The third-order valence-electron chi connectivity index (χ3n) is 2.51. The molecular formula is C16H24O2. The molecule has 0 atom stereocenters. The van der Waals surface area contributed by atoms with Gasteiger partial charge in [-0.15, -0.1) is 0 Å². The van der Waals surface area contributed by atoms with E-state index >= 15 is 0 Å². The maximum Gasteiger partial charge on any atom is 0.166 e. The molecular weight excluding hydrogens is 224 g/mol. The highest BCUT2D eigenvalue weighted by molar-refractivity contribution is 6.09. The first kappa shape index (κ1) is 16.6. The van der Waals surface area contributed by atoms with Crippen molar-refractivity contribution in [3.63, 3.8) is 0 Å². The predicted octanol–water partition coefficient (Wildman–Crippen LogP) is 4.39. The van der Waals surface area contributed by atoms with E-state index in [2.05, 4.69) is 0 Å². The quantitative estimate of drug-likeness (QED) is 0.740. The highest BCUT2D eigenvalue weighted by Gasteiger charge is 2.20. The Hall–Kier alpha value is -1.44. The Morgan fingerprint density at radius 2 is 1.06 bits per heavy atom. The third-order valence-corrected chi connectivity index (χ3v) is 2.51. The summed E-state index contributed by atoms with van der Waals surface area (Å²) >= 11 is 0. The smallest absolute Gasteiger partial charge is 0.166 e. The average molecular weight is 248 g/mol. The highest BCUT2D eigenvalue weighted by Crippen LogP contribution is 2.17. The first-order chi connectivity index (χ1) is 8.45. The number of benzene rings is 1. The lowest BCUT2D eigenvalue weighted by Gasteiger charge is -2.11. The van der Waals surface area contributed by atoms with Crippen molar-refractivity contribution in [3.8, 4) is 0 Å². The van der Waals surface area contributed by atoms with Crippen molar-refractivity contribution in [1.29, 1.82) is 0 Å². The van der Waals surface area contributed by atoms with E-state index in [1.165, 1.54) is 0 Å². The lowest BCUT2D eigenvalue weighted by Crippen LogP contribution is -2.16. The van der Waals surface area contributed by atoms with Crippen molar-refractivity contribution in [2.24, 2.45) is 11.8 Å². The topological polar surface area (TPSA) is 34.1 Å². The largest absolute Gasteiger partial charge is 0.294 e. The van der Waals surface area contributed by atoms with Crippen LogP contribution in [0.2, 0.25) is 0 Å². The number of rotatable bonds is 4. The molecule has 100 valence electrons. The van der Waals surface area contributed by atoms with Crippen LogP contribution in [0.1, 0.15) is 62.3 Å². The molecule has 0 spiro atoms. The molecule has 0 aliphatic carbocycles. The van der Waals surface area contributed by atoms with Gasteiger partial charge in [0.1, 0.15) is 0 Å². The lowest BCUT2D eigenvalue weighted by atomic mass is 9.91. The molecule has 2 nitrogen and oxygen atoms in total. The lowest BCUT2D eigenvalue weighted by molar-refractivity contribution is 0.0905. The summed E-state index contributed by atoms with van der Waals surface area (Å²) in [7, 11) is 0. The number of ketones is 2. The minimum absolute atomic E-state index is 0.0320. The van der Waals surface area contributed by atoms with Gasteiger partial charge in [0.15, 0.2) is 11.6 Å². The minimum Gasteiger partial charge on any atom is -0.294 e. The predicted molar refractivity (Wildman–Crippen MR) is 76.1 cm³/mol. The molecule has 0 aliphatic rings. The van der Waals surface area contributed by atoms with Crippen LogP contribution in [0, 0.1) is 11.8 Å². The number of hydrogen-bond acceptors (Lipinski definition) is 2. The van der Waals surface area contributed by atoms with E-state index < -0.39 is 0 Å². The Bertz CT molecular complexity index is 364. The van der Waals surface area contributed by atoms with Crippen molar-refractivity contribution in [2.45, 2.75) is 41.5 Å². The van der Waals surface area contributed by atoms with Gasteiger partial charge in [0.05, 0.1) is 0 Å². The Kier molecular flexibility index (Phi) is 7.18. The van der Waals surface area contributed by atoms with E-state index in [-0.39, 0.29) is 23.4 Å². The second kappa shape index (κ2) is 7.80. The Labute approximate surface area is 110 Å². The molecule has 1 aromatic rings. The molecule has 1 aromatic carbocycles. The maximum atomic E-state index is 11.9. The first-order valence-electron chi connectivity index (χ1n) is 6.62. The number of hydrogen-bond donors (Lipinski definition) is 0. The molecule has 0 aliphatic heterocycles. The van der Waals surface area contributed by atoms with Gasteiger partial charge in [-0.2, -0.15) is 0 Å². The van der Waals surface area contributed by atoms with Gasteiger partial charge >= 0.3 is 0 Å². The van der Waals surface area contributed by atoms with E-state index in [0.717, 1.165) is 0 Å². The Morgan fingerprint density at radius 3 is 1.28 bits per heavy atom. The van der Waals surface area contributed by atoms with E-state index in [1.54, 1.807) is 24.3 Å². The fourth-order valence-corrected chi connectivity index (χ4v) is 1.53. The monoisotopic (exact) mass is 248 g/mol. The second-order valence-corrected chi connectivity index (χ2v) is 4.58. The fraction of sp³-hybridized carbons (Fsp3) is 0.500. The molecule has 0 unspecified atom stereocenters. The molecule has 0 saturated carbocycles. The standard InChI is InChI=1S/C14H18O2.C2H6/c1-9(2)13(15)11-7-5-6-8-12(11)14(16)10(3)4;1-2/h5-10H,1-4H3;1-2H3. The van der Waals surface area contributed by atoms with Crippen LogP contribution in [0.3, 0.4) is 0 Å². The summed E-state index contributed by atoms with van der Waals surface area (Å²) in [5, 5.41) is 0. The van der Waals surface area contributed by atoms with Crippen LogP contribution in [-0.4, -0.2) is 11.6 Å². The van der Waals surface area contributed by atoms with E-state index in [0.29, 0.717) is 11.1 Å². The van der Waals surface area contributed by atoms with Crippen LogP contribution in [0.4, 0.5) is 0 Å². The first-order valence-corrected chi connectivity index (χ1v) is 6.62. The highest BCUT2D eigenvalue weighted by atomic mass is 16.1. The molecule has 2 heteroatoms. The third kappa shape index (κ3) is 4.10. The van der Waals surface area contributed by atoms with Gasteiger partial charge in [0.2, 0.25) is 0 Å². The summed E-state index contributed by atoms with van der Waals surface area (Å²) in [6, 6.07) is 7.06. The Morgan fingerprint density at radius 1 is 0.778 bits per heavy atom. The van der Waals surface area contributed by atoms with Crippen LogP contribution in [-0.2, 0) is 0 Å². The van der Waals surface area contributed by atoms with Crippen molar-refractivity contribution >= 4 is 11.6 Å². The van der Waals surface area contributed by atoms with Gasteiger partial charge in [-0.25, -0.2) is 0 Å². The summed E-state index contributed by atoms with van der Waals surface area (Å²) in [4.78, 5) is 23.9. The molecule has 1 rings (SSSR count). The second-order valence-electron chi connectivity index (χ2n) is 4.58. The van der Waals surface area contributed by atoms with Crippen molar-refractivity contribution in [3.05, 3.63) is 35.4 Å². The fourth-order valence-electron chi connectivity index (χ4n) is 1.53. The summed E-state index contributed by atoms with van der Waals surface area (Å²) in [5.74, 6) is -0.101. The summed E-state index contributed by atoms with van der Waals surface area (Å²) in [5.41, 5.74) is 1.10. The number of Topliss-reactive ketones (excluding diaryl/α,β-unsaturated/α-hetero) is 2. The molecule has 0 aromatic heterocycles. The van der Waals surface area contributed by atoms with Crippen LogP contribution in [0.5, 0.6) is 0 Å². The maximum absolute atomic E-state index is 11.9. The van der Waals surface area contributed by atoms with Crippen LogP contribution >= 0.6 is 0 Å². The minimum atomic E-state index is -0.0823. The molecule has 0 fully saturated rings. The number of carbonyl (C=O) groups excluding carboxylic acids is 2. The SMILES string of the molecule is CC.CC(C)C(=O)c1ccccc1C(=O)C(C)C. The van der Waals surface area contributed by atoms with Crippen molar-refractivity contribution in [1.82, 2.24) is 0 Å². The summed E-state index contributed by atoms with van der Waals surface area (Å²) < 4.78 is 0. The molecule has 0 saturated heterocycles. The molecule has 0 N–H and O–H groups in total. The van der Waals surface area contributed by atoms with E-state index in [4.69, 9.17) is 0 Å². The normalized spacial score (nSPS) is 10.0. The zero-order valence-corrected chi connectivity index (χ0v) is 12.3. The molecule has 0 bridgehead atoms. The van der Waals surface area contributed by atoms with Gasteiger partial charge in [0, 0.05) is 23.0 Å². The zero-order valence-electron chi connectivity index (χ0n) is 12.3. The zero-order chi connectivity index (χ0) is 14.3. The van der Waals surface area contributed by atoms with E-state index in [9.17, 15) is 9.59 Å². The van der Waals surface area contributed by atoms with Gasteiger partial charge in [-0.1, -0.05) is 65.8 Å². The van der Waals surface area contributed by atoms with Crippen molar-refractivity contribution < 1.29 is 9.59 Å².